The Morgan fingerprint density at radius 2 is 1.92 bits per heavy atom. The molecule has 0 atom stereocenters. The number of fused-ring (bicyclic) bond motifs is 1. The third-order valence-corrected chi connectivity index (χ3v) is 3.60. The number of nitrogens with zero attached hydrogens (tertiary/aromatic N) is 2. The molecule has 0 aliphatic rings. The lowest BCUT2D eigenvalue weighted by Gasteiger charge is -2.13. The van der Waals surface area contributed by atoms with Crippen LogP contribution in [0.1, 0.15) is 5.69 Å². The van der Waals surface area contributed by atoms with Crippen LogP contribution in [0, 0.1) is 6.92 Å². The van der Waals surface area contributed by atoms with Gasteiger partial charge in [-0.15, -0.1) is 0 Å². The zero-order chi connectivity index (χ0) is 17.8. The fourth-order valence-corrected chi connectivity index (χ4v) is 2.43. The molecule has 0 bridgehead atoms. The van der Waals surface area contributed by atoms with Gasteiger partial charge >= 0.3 is 0 Å². The highest BCUT2D eigenvalue weighted by molar-refractivity contribution is 5.92. The van der Waals surface area contributed by atoms with Crippen LogP contribution in [0.4, 0.5) is 11.6 Å². The number of benzene rings is 1. The molecule has 132 valence electrons. The number of anilines is 2. The van der Waals surface area contributed by atoms with E-state index in [1.54, 1.807) is 32.4 Å². The van der Waals surface area contributed by atoms with Crippen molar-refractivity contribution in [2.75, 3.05) is 32.8 Å². The smallest absolute Gasteiger partial charge is 0.220 e. The zero-order valence-electron chi connectivity index (χ0n) is 14.3. The number of methoxy groups -OCH3 is 2. The van der Waals surface area contributed by atoms with E-state index in [4.69, 9.17) is 14.2 Å². The molecular formula is C17H20N4O4. The standard InChI is InChI=1S/C17H20N4O4/c1-10-6-16(21-20-10)18-15-8-11-7-13(24-3)14(25-5-4-23-2)9-12(11)17(22)19-15/h6-9H,4-5H2,1-3H3,(H3,18,19,20,21,22). The van der Waals surface area contributed by atoms with E-state index in [1.807, 2.05) is 13.0 Å². The molecule has 3 aromatic rings. The van der Waals surface area contributed by atoms with Gasteiger partial charge in [-0.05, 0) is 30.5 Å². The Labute approximate surface area is 144 Å². The lowest BCUT2D eigenvalue weighted by Crippen LogP contribution is -2.05. The van der Waals surface area contributed by atoms with Crippen LogP contribution in [0.5, 0.6) is 17.4 Å². The SMILES string of the molecule is COCCOc1cc2c(O)nc(Nc3cc(C)[nH]n3)cc2cc1OC. The summed E-state index contributed by atoms with van der Waals surface area (Å²) in [6.07, 6.45) is 0. The molecule has 3 rings (SSSR count). The first kappa shape index (κ1) is 16.8. The first-order valence-electron chi connectivity index (χ1n) is 7.73. The van der Waals surface area contributed by atoms with E-state index >= 15 is 0 Å². The summed E-state index contributed by atoms with van der Waals surface area (Å²) in [6, 6.07) is 7.14. The summed E-state index contributed by atoms with van der Waals surface area (Å²) in [5.74, 6) is 2.08. The highest BCUT2D eigenvalue weighted by Crippen LogP contribution is 2.36. The van der Waals surface area contributed by atoms with Gasteiger partial charge in [-0.25, -0.2) is 0 Å². The third-order valence-electron chi connectivity index (χ3n) is 3.60. The van der Waals surface area contributed by atoms with Crippen LogP contribution < -0.4 is 14.8 Å². The number of aromatic nitrogens is 3. The molecule has 8 nitrogen and oxygen atoms in total. The molecule has 25 heavy (non-hydrogen) atoms. The van der Waals surface area contributed by atoms with Crippen LogP contribution in [-0.2, 0) is 4.74 Å². The van der Waals surface area contributed by atoms with Crippen molar-refractivity contribution in [2.45, 2.75) is 6.92 Å². The molecule has 0 spiro atoms. The number of aromatic amines is 1. The fourth-order valence-electron chi connectivity index (χ4n) is 2.43. The summed E-state index contributed by atoms with van der Waals surface area (Å²) >= 11 is 0. The van der Waals surface area contributed by atoms with Crippen LogP contribution in [0.2, 0.25) is 0 Å². The Balaban J connectivity index is 1.95. The van der Waals surface area contributed by atoms with Gasteiger partial charge in [0, 0.05) is 24.3 Å². The number of rotatable bonds is 7. The summed E-state index contributed by atoms with van der Waals surface area (Å²) < 4.78 is 16.0. The Morgan fingerprint density at radius 3 is 2.60 bits per heavy atom. The molecule has 0 aliphatic carbocycles. The Kier molecular flexibility index (Phi) is 4.90. The van der Waals surface area contributed by atoms with E-state index in [0.29, 0.717) is 41.7 Å². The van der Waals surface area contributed by atoms with Crippen LogP contribution in [0.25, 0.3) is 10.8 Å². The van der Waals surface area contributed by atoms with Crippen LogP contribution in [0.15, 0.2) is 24.3 Å². The second-order valence-corrected chi connectivity index (χ2v) is 5.46. The highest BCUT2D eigenvalue weighted by Gasteiger charge is 2.12. The molecule has 2 aromatic heterocycles. The van der Waals surface area contributed by atoms with E-state index in [-0.39, 0.29) is 5.88 Å². The molecule has 0 fully saturated rings. The van der Waals surface area contributed by atoms with Gasteiger partial charge in [0.25, 0.3) is 0 Å². The maximum Gasteiger partial charge on any atom is 0.220 e. The van der Waals surface area contributed by atoms with E-state index in [0.717, 1.165) is 11.1 Å². The van der Waals surface area contributed by atoms with Crippen molar-refractivity contribution in [3.05, 3.63) is 30.0 Å². The Hall–Kier alpha value is -3.00. The normalized spacial score (nSPS) is 10.8. The minimum Gasteiger partial charge on any atom is -0.493 e. The summed E-state index contributed by atoms with van der Waals surface area (Å²) in [7, 11) is 3.17. The molecule has 0 saturated carbocycles. The molecule has 0 aliphatic heterocycles. The fraction of sp³-hybridized carbons (Fsp3) is 0.294. The molecular weight excluding hydrogens is 324 g/mol. The minimum absolute atomic E-state index is 0.105. The van der Waals surface area contributed by atoms with Gasteiger partial charge < -0.3 is 24.6 Å². The van der Waals surface area contributed by atoms with Crippen LogP contribution in [0.3, 0.4) is 0 Å². The van der Waals surface area contributed by atoms with Crippen molar-refractivity contribution >= 4 is 22.4 Å². The quantitative estimate of drug-likeness (QED) is 0.566. The molecule has 0 saturated heterocycles. The summed E-state index contributed by atoms with van der Waals surface area (Å²) in [6.45, 7) is 2.74. The minimum atomic E-state index is -0.105. The Morgan fingerprint density at radius 1 is 1.08 bits per heavy atom. The number of aryl methyl sites for hydroxylation is 1. The van der Waals surface area contributed by atoms with Gasteiger partial charge in [-0.2, -0.15) is 10.1 Å². The predicted molar refractivity (Wildman–Crippen MR) is 93.9 cm³/mol. The van der Waals surface area contributed by atoms with Crippen molar-refractivity contribution in [3.63, 3.8) is 0 Å². The molecule has 0 amide bonds. The maximum atomic E-state index is 10.3. The summed E-state index contributed by atoms with van der Waals surface area (Å²) in [4.78, 5) is 4.17. The summed E-state index contributed by atoms with van der Waals surface area (Å²) in [5.41, 5.74) is 0.923. The molecule has 3 N–H and O–H groups in total. The van der Waals surface area contributed by atoms with E-state index in [2.05, 4.69) is 20.5 Å². The molecule has 1 aromatic carbocycles. The molecule has 2 heterocycles. The average Bonchev–Trinajstić information content (AvgIpc) is 2.99. The zero-order valence-corrected chi connectivity index (χ0v) is 14.3. The number of pyridine rings is 1. The third kappa shape index (κ3) is 3.74. The first-order valence-corrected chi connectivity index (χ1v) is 7.73. The first-order chi connectivity index (χ1) is 12.1. The maximum absolute atomic E-state index is 10.3. The number of hydrogen-bond acceptors (Lipinski definition) is 7. The van der Waals surface area contributed by atoms with Crippen molar-refractivity contribution in [2.24, 2.45) is 0 Å². The predicted octanol–water partition coefficient (Wildman–Crippen LogP) is 2.75. The second kappa shape index (κ2) is 7.27. The Bertz CT molecular complexity index is 878. The largest absolute Gasteiger partial charge is 0.493 e. The van der Waals surface area contributed by atoms with Gasteiger partial charge in [-0.1, -0.05) is 0 Å². The van der Waals surface area contributed by atoms with Gasteiger partial charge in [0.15, 0.2) is 17.3 Å². The van der Waals surface area contributed by atoms with E-state index in [1.165, 1.54) is 0 Å². The van der Waals surface area contributed by atoms with Gasteiger partial charge in [-0.3, -0.25) is 5.10 Å². The molecule has 8 heteroatoms. The number of ether oxygens (including phenoxy) is 3. The van der Waals surface area contributed by atoms with Crippen molar-refractivity contribution in [1.29, 1.82) is 0 Å². The van der Waals surface area contributed by atoms with Crippen molar-refractivity contribution in [1.82, 2.24) is 15.2 Å². The van der Waals surface area contributed by atoms with Crippen molar-refractivity contribution < 1.29 is 19.3 Å². The number of hydrogen-bond donors (Lipinski definition) is 3. The summed E-state index contributed by atoms with van der Waals surface area (Å²) in [5, 5.41) is 21.6. The average molecular weight is 344 g/mol. The van der Waals surface area contributed by atoms with Gasteiger partial charge in [0.05, 0.1) is 13.7 Å². The number of nitrogens with one attached hydrogen (secondary N) is 2. The topological polar surface area (TPSA) is 102 Å². The number of H-pyrrole nitrogens is 1. The lowest BCUT2D eigenvalue weighted by atomic mass is 10.1. The van der Waals surface area contributed by atoms with Crippen LogP contribution >= 0.6 is 0 Å². The highest BCUT2D eigenvalue weighted by atomic mass is 16.5. The second-order valence-electron chi connectivity index (χ2n) is 5.46. The monoisotopic (exact) mass is 344 g/mol. The van der Waals surface area contributed by atoms with Crippen molar-refractivity contribution in [3.8, 4) is 17.4 Å². The van der Waals surface area contributed by atoms with E-state index in [9.17, 15) is 5.11 Å². The molecule has 0 unspecified atom stereocenters. The van der Waals surface area contributed by atoms with E-state index < -0.39 is 0 Å². The number of aromatic hydroxyl groups is 1. The van der Waals surface area contributed by atoms with Crippen LogP contribution in [-0.4, -0.2) is 47.7 Å². The molecule has 0 radical (unpaired) electrons. The van der Waals surface area contributed by atoms with Gasteiger partial charge in [0.2, 0.25) is 5.88 Å². The van der Waals surface area contributed by atoms with Gasteiger partial charge in [0.1, 0.15) is 12.4 Å². The lowest BCUT2D eigenvalue weighted by molar-refractivity contribution is 0.144.